The predicted molar refractivity (Wildman–Crippen MR) is 140 cm³/mol. The molecule has 6 rings (SSSR count). The average Bonchev–Trinajstić information content (AvgIpc) is 3.47. The van der Waals surface area contributed by atoms with Gasteiger partial charge < -0.3 is 15.5 Å². The third kappa shape index (κ3) is 4.04. The van der Waals surface area contributed by atoms with E-state index in [9.17, 15) is 14.4 Å². The Labute approximate surface area is 211 Å². The lowest BCUT2D eigenvalue weighted by Gasteiger charge is -2.34. The van der Waals surface area contributed by atoms with Crippen LogP contribution >= 0.6 is 0 Å². The second-order valence-corrected chi connectivity index (χ2v) is 10.5. The van der Waals surface area contributed by atoms with Gasteiger partial charge in [0.15, 0.2) is 0 Å². The number of amides is 3. The van der Waals surface area contributed by atoms with Gasteiger partial charge in [0.2, 0.25) is 11.8 Å². The monoisotopic (exact) mass is 481 g/mol. The van der Waals surface area contributed by atoms with Gasteiger partial charge in [-0.25, -0.2) is 0 Å². The van der Waals surface area contributed by atoms with E-state index >= 15 is 0 Å². The third-order valence-corrected chi connectivity index (χ3v) is 8.23. The zero-order valence-electron chi connectivity index (χ0n) is 20.5. The van der Waals surface area contributed by atoms with Crippen LogP contribution < -0.4 is 10.6 Å². The van der Waals surface area contributed by atoms with Gasteiger partial charge in [0.25, 0.3) is 5.91 Å². The van der Waals surface area contributed by atoms with Gasteiger partial charge in [0.1, 0.15) is 6.04 Å². The maximum atomic E-state index is 13.9. The van der Waals surface area contributed by atoms with Crippen molar-refractivity contribution in [2.24, 2.45) is 5.92 Å². The number of fused-ring (bicyclic) bond motifs is 3. The first kappa shape index (κ1) is 22.8. The number of hydrogen-bond donors (Lipinski definition) is 2. The topological polar surface area (TPSA) is 78.5 Å². The minimum Gasteiger partial charge on any atom is -0.348 e. The molecule has 2 N–H and O–H groups in total. The summed E-state index contributed by atoms with van der Waals surface area (Å²) < 4.78 is 0. The highest BCUT2D eigenvalue weighted by atomic mass is 16.2. The van der Waals surface area contributed by atoms with Crippen LogP contribution in [0.2, 0.25) is 0 Å². The summed E-state index contributed by atoms with van der Waals surface area (Å²) in [6.45, 7) is 1.96. The van der Waals surface area contributed by atoms with Crippen molar-refractivity contribution in [3.05, 3.63) is 77.4 Å². The summed E-state index contributed by atoms with van der Waals surface area (Å²) in [7, 11) is 0. The van der Waals surface area contributed by atoms with E-state index in [-0.39, 0.29) is 29.8 Å². The van der Waals surface area contributed by atoms with Crippen molar-refractivity contribution in [2.45, 2.75) is 63.6 Å². The highest BCUT2D eigenvalue weighted by Gasteiger charge is 2.47. The van der Waals surface area contributed by atoms with Gasteiger partial charge in [-0.2, -0.15) is 0 Å². The molecule has 3 aromatic carbocycles. The molecule has 184 valence electrons. The number of benzene rings is 3. The smallest absolute Gasteiger partial charge is 0.254 e. The Hall–Kier alpha value is -3.67. The molecule has 3 aromatic rings. The molecule has 0 spiro atoms. The molecule has 1 unspecified atom stereocenters. The number of likely N-dealkylation sites (tertiary alicyclic amines) is 1. The number of rotatable bonds is 4. The molecule has 1 saturated carbocycles. The van der Waals surface area contributed by atoms with E-state index < -0.39 is 6.04 Å². The molecule has 1 saturated heterocycles. The fourth-order valence-corrected chi connectivity index (χ4v) is 6.37. The fraction of sp³-hybridized carbons (Fsp3) is 0.367. The zero-order valence-corrected chi connectivity index (χ0v) is 20.5. The lowest BCUT2D eigenvalue weighted by Crippen LogP contribution is -2.50. The number of anilines is 1. The highest BCUT2D eigenvalue weighted by molar-refractivity contribution is 6.01. The molecule has 4 atom stereocenters. The minimum absolute atomic E-state index is 0.00440. The quantitative estimate of drug-likeness (QED) is 0.551. The summed E-state index contributed by atoms with van der Waals surface area (Å²) >= 11 is 0. The van der Waals surface area contributed by atoms with Crippen molar-refractivity contribution >= 4 is 34.2 Å². The summed E-state index contributed by atoms with van der Waals surface area (Å²) in [6.07, 6.45) is 5.35. The van der Waals surface area contributed by atoms with Crippen molar-refractivity contribution < 1.29 is 14.4 Å². The van der Waals surface area contributed by atoms with Crippen LogP contribution in [0, 0.1) is 5.92 Å². The largest absolute Gasteiger partial charge is 0.348 e. The minimum atomic E-state index is -0.475. The first-order valence-electron chi connectivity index (χ1n) is 13.0. The standard InChI is InChI=1S/C30H31N3O3/c1-18(20-12-13-25-24(14-20)17-28(34)32-25)31-29(35)27-16-22-8-4-5-9-26(22)33(27)30(36)23-11-10-19-6-2-3-7-21(19)15-23/h2-3,6-7,10-15,18,22,26-27H,4-5,8-9,16-17H2,1H3,(H,31,35)(H,32,34)/t18?,22-,26-,27-/m0/s1. The Morgan fingerprint density at radius 1 is 1.00 bits per heavy atom. The Balaban J connectivity index is 1.25. The van der Waals surface area contributed by atoms with Gasteiger partial charge >= 0.3 is 0 Å². The van der Waals surface area contributed by atoms with Crippen LogP contribution in [0.4, 0.5) is 5.69 Å². The first-order chi connectivity index (χ1) is 17.5. The van der Waals surface area contributed by atoms with E-state index in [4.69, 9.17) is 0 Å². The van der Waals surface area contributed by atoms with Crippen LogP contribution in [0.3, 0.4) is 0 Å². The molecular weight excluding hydrogens is 450 g/mol. The van der Waals surface area contributed by atoms with Gasteiger partial charge in [0.05, 0.1) is 12.5 Å². The highest BCUT2D eigenvalue weighted by Crippen LogP contribution is 2.41. The third-order valence-electron chi connectivity index (χ3n) is 8.23. The van der Waals surface area contributed by atoms with Gasteiger partial charge in [-0.05, 0) is 72.2 Å². The Morgan fingerprint density at radius 2 is 1.81 bits per heavy atom. The molecule has 2 fully saturated rings. The Kier molecular flexibility index (Phi) is 5.75. The van der Waals surface area contributed by atoms with Gasteiger partial charge in [-0.3, -0.25) is 14.4 Å². The van der Waals surface area contributed by atoms with Crippen molar-refractivity contribution in [1.82, 2.24) is 10.2 Å². The molecule has 6 nitrogen and oxygen atoms in total. The average molecular weight is 482 g/mol. The molecule has 3 amide bonds. The van der Waals surface area contributed by atoms with E-state index in [1.54, 1.807) is 0 Å². The molecule has 0 radical (unpaired) electrons. The maximum Gasteiger partial charge on any atom is 0.254 e. The molecule has 0 aromatic heterocycles. The molecule has 3 aliphatic rings. The zero-order chi connectivity index (χ0) is 24.8. The van der Waals surface area contributed by atoms with Crippen LogP contribution in [0.25, 0.3) is 10.8 Å². The van der Waals surface area contributed by atoms with E-state index in [2.05, 4.69) is 10.6 Å². The number of nitrogens with one attached hydrogen (secondary N) is 2. The van der Waals surface area contributed by atoms with Crippen LogP contribution in [0.5, 0.6) is 0 Å². The lowest BCUT2D eigenvalue weighted by molar-refractivity contribution is -0.125. The number of hydrogen-bond acceptors (Lipinski definition) is 3. The van der Waals surface area contributed by atoms with Crippen LogP contribution in [0.15, 0.2) is 60.7 Å². The van der Waals surface area contributed by atoms with Crippen molar-refractivity contribution in [2.75, 3.05) is 5.32 Å². The van der Waals surface area contributed by atoms with Crippen molar-refractivity contribution in [3.63, 3.8) is 0 Å². The molecule has 1 aliphatic carbocycles. The molecule has 6 heteroatoms. The SMILES string of the molecule is CC(NC(=O)[C@@H]1C[C@@H]2CCCC[C@@H]2N1C(=O)c1ccc2ccccc2c1)c1ccc2c(c1)CC(=O)N2. The van der Waals surface area contributed by atoms with Crippen LogP contribution in [-0.2, 0) is 16.0 Å². The summed E-state index contributed by atoms with van der Waals surface area (Å²) in [4.78, 5) is 41.1. The summed E-state index contributed by atoms with van der Waals surface area (Å²) in [5.74, 6) is 0.215. The van der Waals surface area contributed by atoms with E-state index in [1.165, 1.54) is 0 Å². The van der Waals surface area contributed by atoms with Crippen LogP contribution in [-0.4, -0.2) is 34.7 Å². The maximum absolute atomic E-state index is 13.9. The Morgan fingerprint density at radius 3 is 2.67 bits per heavy atom. The van der Waals surface area contributed by atoms with Crippen LogP contribution in [0.1, 0.15) is 66.6 Å². The number of carbonyl (C=O) groups is 3. The van der Waals surface area contributed by atoms with E-state index in [0.717, 1.165) is 53.3 Å². The number of nitrogens with zero attached hydrogens (tertiary/aromatic N) is 1. The molecule has 0 bridgehead atoms. The number of carbonyl (C=O) groups excluding carboxylic acids is 3. The second kappa shape index (κ2) is 9.08. The lowest BCUT2D eigenvalue weighted by atomic mass is 9.84. The van der Waals surface area contributed by atoms with Crippen molar-refractivity contribution in [1.29, 1.82) is 0 Å². The molecule has 36 heavy (non-hydrogen) atoms. The van der Waals surface area contributed by atoms with E-state index in [0.29, 0.717) is 24.3 Å². The van der Waals surface area contributed by atoms with Gasteiger partial charge in [0, 0.05) is 17.3 Å². The predicted octanol–water partition coefficient (Wildman–Crippen LogP) is 4.99. The van der Waals surface area contributed by atoms with Gasteiger partial charge in [-0.15, -0.1) is 0 Å². The molecule has 2 heterocycles. The summed E-state index contributed by atoms with van der Waals surface area (Å²) in [5, 5.41) is 8.16. The summed E-state index contributed by atoms with van der Waals surface area (Å²) in [6, 6.07) is 19.1. The summed E-state index contributed by atoms with van der Waals surface area (Å²) in [5.41, 5.74) is 3.40. The van der Waals surface area contributed by atoms with Gasteiger partial charge in [-0.1, -0.05) is 55.3 Å². The van der Waals surface area contributed by atoms with E-state index in [1.807, 2.05) is 72.5 Å². The van der Waals surface area contributed by atoms with Crippen molar-refractivity contribution in [3.8, 4) is 0 Å². The second-order valence-electron chi connectivity index (χ2n) is 10.5. The Bertz CT molecular complexity index is 1370. The fourth-order valence-electron chi connectivity index (χ4n) is 6.37. The normalized spacial score (nSPS) is 23.6. The first-order valence-corrected chi connectivity index (χ1v) is 13.0. The molecule has 2 aliphatic heterocycles. The molecular formula is C30H31N3O3.